The number of carbonyl (C=O) groups is 2. The van der Waals surface area contributed by atoms with Crippen LogP contribution in [0.4, 0.5) is 11.6 Å². The molecule has 2 amide bonds. The number of nitrogens with zero attached hydrogens (tertiary/aromatic N) is 2. The van der Waals surface area contributed by atoms with E-state index in [0.717, 1.165) is 5.56 Å². The van der Waals surface area contributed by atoms with Gasteiger partial charge in [-0.3, -0.25) is 9.59 Å². The number of anilines is 2. The Hall–Kier alpha value is -2.67. The molecule has 0 bridgehead atoms. The number of rotatable bonds is 6. The Morgan fingerprint density at radius 3 is 1.57 bits per heavy atom. The average Bonchev–Trinajstić information content (AvgIpc) is 2.86. The van der Waals surface area contributed by atoms with Gasteiger partial charge in [0.25, 0.3) is 0 Å². The summed E-state index contributed by atoms with van der Waals surface area (Å²) in [6.07, 6.45) is 4.70. The molecule has 0 spiro atoms. The lowest BCUT2D eigenvalue weighted by molar-refractivity contribution is -0.115. The minimum absolute atomic E-state index is 0.166. The highest BCUT2D eigenvalue weighted by molar-refractivity contribution is 9.10. The summed E-state index contributed by atoms with van der Waals surface area (Å²) in [6.45, 7) is 17.0. The van der Waals surface area contributed by atoms with Crippen molar-refractivity contribution in [3.05, 3.63) is 88.8 Å². The third kappa shape index (κ3) is 12.4. The number of amides is 2. The van der Waals surface area contributed by atoms with E-state index in [1.54, 1.807) is 42.3 Å². The molecule has 1 fully saturated rings. The summed E-state index contributed by atoms with van der Waals surface area (Å²) in [6, 6.07) is 3.16. The second-order valence-electron chi connectivity index (χ2n) is 6.86. The fraction of sp³-hybridized carbons (Fsp3) is 0.0909. The minimum atomic E-state index is -0.454. The molecule has 3 rings (SSSR count). The first-order valence-electron chi connectivity index (χ1n) is 10.5. The summed E-state index contributed by atoms with van der Waals surface area (Å²) in [5.41, 5.74) is 0.746. The molecule has 3 heterocycles. The van der Waals surface area contributed by atoms with Crippen LogP contribution in [0.3, 0.4) is 0 Å². The zero-order chi connectivity index (χ0) is 28.0. The third-order valence-corrected chi connectivity index (χ3v) is 5.40. The molecular weight excluding hydrogens is 584 g/mol. The van der Waals surface area contributed by atoms with E-state index in [2.05, 4.69) is 62.8 Å². The van der Waals surface area contributed by atoms with Gasteiger partial charge in [0.2, 0.25) is 11.8 Å². The van der Waals surface area contributed by atoms with Gasteiger partial charge >= 0.3 is 21.4 Å². The van der Waals surface area contributed by atoms with E-state index in [1.807, 2.05) is 0 Å². The number of pyridine rings is 2. The number of carbonyl (C=O) groups excluding carboxylic acids is 2. The van der Waals surface area contributed by atoms with Crippen molar-refractivity contribution in [3.63, 3.8) is 0 Å². The number of hydrogen-bond donors (Lipinski definition) is 2. The molecule has 1 saturated heterocycles. The summed E-state index contributed by atoms with van der Waals surface area (Å²) in [5, 5.41) is 6.09. The van der Waals surface area contributed by atoms with Gasteiger partial charge in [-0.1, -0.05) is 53.8 Å². The van der Waals surface area contributed by atoms with Gasteiger partial charge in [0.1, 0.15) is 11.6 Å². The van der Waals surface area contributed by atoms with Crippen LogP contribution in [0, 0.1) is 0 Å². The number of hydrogen-bond acceptors (Lipinski definition) is 7. The van der Waals surface area contributed by atoms with Crippen LogP contribution in [0.1, 0.15) is 19.4 Å². The Labute approximate surface area is 235 Å². The second kappa shape index (κ2) is 17.0. The van der Waals surface area contributed by atoms with Crippen molar-refractivity contribution >= 4 is 90.0 Å². The lowest BCUT2D eigenvalue weighted by Gasteiger charge is -2.26. The summed E-state index contributed by atoms with van der Waals surface area (Å²) in [7, 11) is -1.36. The quantitative estimate of drug-likeness (QED) is 0.418. The van der Waals surface area contributed by atoms with Crippen LogP contribution in [0.25, 0.3) is 6.08 Å². The monoisotopic (exact) mass is 606 g/mol. The molecular formula is C22H24B3BrCl2N4O5. The number of aromatic nitrogens is 2. The van der Waals surface area contributed by atoms with Gasteiger partial charge in [0, 0.05) is 43.9 Å². The predicted octanol–water partition coefficient (Wildman–Crippen LogP) is 5.48. The van der Waals surface area contributed by atoms with Gasteiger partial charge in [-0.15, -0.1) is 19.7 Å². The lowest BCUT2D eigenvalue weighted by atomic mass is 9.70. The minimum Gasteiger partial charge on any atom is -0.445 e. The van der Waals surface area contributed by atoms with Crippen LogP contribution in [-0.4, -0.2) is 43.1 Å². The molecule has 0 aromatic carbocycles. The molecule has 2 aromatic heterocycles. The third-order valence-electron chi connectivity index (χ3n) is 3.90. The second-order valence-corrected chi connectivity index (χ2v) is 8.53. The Bertz CT molecular complexity index is 1110. The lowest BCUT2D eigenvalue weighted by Crippen LogP contribution is -2.46. The summed E-state index contributed by atoms with van der Waals surface area (Å²) in [5.74, 6) is 5.22. The number of nitrogens with one attached hydrogen (secondary N) is 2. The molecule has 1 aliphatic heterocycles. The largest absolute Gasteiger partial charge is 0.458 e. The first-order chi connectivity index (χ1) is 17.5. The van der Waals surface area contributed by atoms with Gasteiger partial charge in [0.05, 0.1) is 14.5 Å². The highest BCUT2D eigenvalue weighted by Gasteiger charge is 2.35. The summed E-state index contributed by atoms with van der Waals surface area (Å²) < 4.78 is 16.3. The molecule has 192 valence electrons. The van der Waals surface area contributed by atoms with E-state index >= 15 is 0 Å². The first kappa shape index (κ1) is 32.4. The summed E-state index contributed by atoms with van der Waals surface area (Å²) >= 11 is 14.8. The maximum atomic E-state index is 10.7. The van der Waals surface area contributed by atoms with Crippen LogP contribution in [0.2, 0.25) is 10.0 Å². The maximum absolute atomic E-state index is 10.7. The topological polar surface area (TPSA) is 112 Å². The predicted molar refractivity (Wildman–Crippen MR) is 156 cm³/mol. The van der Waals surface area contributed by atoms with Crippen molar-refractivity contribution in [3.8, 4) is 0 Å². The molecule has 9 nitrogen and oxygen atoms in total. The van der Waals surface area contributed by atoms with Crippen molar-refractivity contribution in [2.45, 2.75) is 13.8 Å². The van der Waals surface area contributed by atoms with Gasteiger partial charge < -0.3 is 24.3 Å². The molecule has 0 radical (unpaired) electrons. The van der Waals surface area contributed by atoms with Crippen molar-refractivity contribution < 1.29 is 23.3 Å². The van der Waals surface area contributed by atoms with Gasteiger partial charge in [-0.25, -0.2) is 9.97 Å². The Kier molecular flexibility index (Phi) is 14.8. The average molecular weight is 608 g/mol. The fourth-order valence-corrected chi connectivity index (χ4v) is 2.93. The Balaban J connectivity index is 0.000000278. The molecule has 15 heteroatoms. The zero-order valence-corrected chi connectivity index (χ0v) is 23.3. The molecule has 0 unspecified atom stereocenters. The normalized spacial score (nSPS) is 12.1. The Morgan fingerprint density at radius 1 is 0.838 bits per heavy atom. The summed E-state index contributed by atoms with van der Waals surface area (Å²) in [4.78, 5) is 29.1. The Morgan fingerprint density at radius 2 is 1.24 bits per heavy atom. The van der Waals surface area contributed by atoms with E-state index in [1.165, 1.54) is 20.0 Å². The van der Waals surface area contributed by atoms with Gasteiger partial charge in [-0.2, -0.15) is 0 Å². The first-order valence-corrected chi connectivity index (χ1v) is 12.1. The van der Waals surface area contributed by atoms with Crippen molar-refractivity contribution in [1.82, 2.24) is 9.97 Å². The molecule has 0 atom stereocenters. The van der Waals surface area contributed by atoms with Crippen LogP contribution in [0.5, 0.6) is 0 Å². The molecule has 0 saturated carbocycles. The zero-order valence-electron chi connectivity index (χ0n) is 20.2. The van der Waals surface area contributed by atoms with E-state index in [4.69, 9.17) is 36.9 Å². The maximum Gasteiger partial charge on any atom is 0.458 e. The molecule has 2 N–H and O–H groups in total. The van der Waals surface area contributed by atoms with E-state index in [9.17, 15) is 9.59 Å². The molecule has 2 aromatic rings. The van der Waals surface area contributed by atoms with Crippen LogP contribution in [0.15, 0.2) is 73.2 Å². The number of halogens is 3. The van der Waals surface area contributed by atoms with Crippen LogP contribution < -0.4 is 10.6 Å². The molecule has 37 heavy (non-hydrogen) atoms. The van der Waals surface area contributed by atoms with E-state index in [0.29, 0.717) is 26.2 Å². The fourth-order valence-electron chi connectivity index (χ4n) is 2.33. The van der Waals surface area contributed by atoms with Crippen molar-refractivity contribution in [1.29, 1.82) is 0 Å². The van der Waals surface area contributed by atoms with Gasteiger partial charge in [0.15, 0.2) is 0 Å². The van der Waals surface area contributed by atoms with Crippen molar-refractivity contribution in [2.75, 3.05) is 10.6 Å². The standard InChI is InChI=1S/C9H9ClN2O.C7H6BrClN2O.C6H9B3O3/c1-3-7-5-11-9(4-8(7)10)12-6(2)13;1-4(12)11-7-2-6(9)5(8)3-10-7;1-4-7-10-8(5-2)12-9(6-3)11-7/h3-5H,1H2,2H3,(H,11,12,13);2-3H,1H3,(H,10,11,12);4-6H,1-3H2. The highest BCUT2D eigenvalue weighted by atomic mass is 79.9. The van der Waals surface area contributed by atoms with Crippen LogP contribution >= 0.6 is 39.1 Å². The smallest absolute Gasteiger partial charge is 0.445 e. The van der Waals surface area contributed by atoms with Crippen molar-refractivity contribution in [2.24, 2.45) is 0 Å². The molecule has 0 aliphatic carbocycles. The van der Waals surface area contributed by atoms with Gasteiger partial charge in [-0.05, 0) is 15.9 Å². The SMILES string of the molecule is C=CB1OB(C=C)OB(C=C)O1.C=Cc1cnc(NC(C)=O)cc1Cl.CC(=O)Nc1cc(Cl)c(Br)cn1. The molecule has 1 aliphatic rings. The highest BCUT2D eigenvalue weighted by Crippen LogP contribution is 2.23. The van der Waals surface area contributed by atoms with E-state index < -0.39 is 21.4 Å². The van der Waals surface area contributed by atoms with E-state index in [-0.39, 0.29) is 11.8 Å². The van der Waals surface area contributed by atoms with Crippen LogP contribution in [-0.2, 0) is 23.3 Å².